The Morgan fingerprint density at radius 1 is 1.12 bits per heavy atom. The fourth-order valence-electron chi connectivity index (χ4n) is 3.75. The molecular formula is C22H15ClF4N6S. The van der Waals surface area contributed by atoms with Gasteiger partial charge in [0, 0.05) is 23.8 Å². The first-order chi connectivity index (χ1) is 16.2. The van der Waals surface area contributed by atoms with Crippen molar-refractivity contribution in [2.24, 2.45) is 7.05 Å². The fourth-order valence-corrected chi connectivity index (χ4v) is 4.71. The van der Waals surface area contributed by atoms with Gasteiger partial charge in [0.25, 0.3) is 0 Å². The summed E-state index contributed by atoms with van der Waals surface area (Å²) in [5.74, 6) is 0.581. The second kappa shape index (κ2) is 8.24. The summed E-state index contributed by atoms with van der Waals surface area (Å²) in [7, 11) is 1.69. The molecule has 0 aliphatic heterocycles. The number of aryl methyl sites for hydroxylation is 1. The van der Waals surface area contributed by atoms with Gasteiger partial charge in [0.05, 0.1) is 28.5 Å². The number of rotatable bonds is 4. The van der Waals surface area contributed by atoms with E-state index in [1.165, 1.54) is 23.9 Å². The van der Waals surface area contributed by atoms with E-state index in [2.05, 4.69) is 20.1 Å². The largest absolute Gasteiger partial charge is 0.433 e. The molecule has 4 aromatic heterocycles. The van der Waals surface area contributed by atoms with Crippen LogP contribution in [-0.2, 0) is 13.2 Å². The number of hydrogen-bond donors (Lipinski definition) is 0. The lowest BCUT2D eigenvalue weighted by molar-refractivity contribution is -0.141. The van der Waals surface area contributed by atoms with Gasteiger partial charge in [-0.15, -0.1) is 11.8 Å². The van der Waals surface area contributed by atoms with Gasteiger partial charge in [-0.2, -0.15) is 18.3 Å². The number of benzene rings is 1. The summed E-state index contributed by atoms with van der Waals surface area (Å²) in [4.78, 5) is 12.5. The number of alkyl halides is 3. The fraction of sp³-hybridized carbons (Fsp3) is 0.182. The Morgan fingerprint density at radius 2 is 1.91 bits per heavy atom. The van der Waals surface area contributed by atoms with Crippen molar-refractivity contribution in [2.45, 2.75) is 18.1 Å². The SMILES string of the molecule is CCSc1nn2c(-c3cc(F)cc(Cl)c3)ccnc2c1-c1nc2cc(C(F)(F)F)ncc2n1C. The molecule has 0 saturated heterocycles. The minimum Gasteiger partial charge on any atom is -0.326 e. The van der Waals surface area contributed by atoms with Crippen LogP contribution in [0.5, 0.6) is 0 Å². The standard InChI is InChI=1S/C22H15ClF4N6S/c1-3-34-21-18(20-30-14-9-17(22(25,26)27)29-10-16(14)32(20)2)19-28-5-4-15(33(19)31-21)11-6-12(23)8-13(24)7-11/h4-10H,3H2,1-2H3. The van der Waals surface area contributed by atoms with E-state index >= 15 is 0 Å². The monoisotopic (exact) mass is 506 g/mol. The maximum Gasteiger partial charge on any atom is 0.433 e. The van der Waals surface area contributed by atoms with Gasteiger partial charge in [0.1, 0.15) is 22.4 Å². The Hall–Kier alpha value is -3.18. The molecule has 0 aliphatic carbocycles. The van der Waals surface area contributed by atoms with E-state index in [-0.39, 0.29) is 10.5 Å². The Bertz CT molecular complexity index is 1540. The molecule has 0 bridgehead atoms. The Kier molecular flexibility index (Phi) is 5.48. The molecule has 0 aliphatic rings. The van der Waals surface area contributed by atoms with Crippen LogP contribution in [0.2, 0.25) is 5.02 Å². The average Bonchev–Trinajstić information content (AvgIpc) is 3.29. The maximum atomic E-state index is 14.0. The Balaban J connectivity index is 1.78. The molecule has 0 N–H and O–H groups in total. The normalized spacial score (nSPS) is 12.2. The van der Waals surface area contributed by atoms with Gasteiger partial charge in [-0.3, -0.25) is 0 Å². The lowest BCUT2D eigenvalue weighted by Crippen LogP contribution is -2.07. The first-order valence-corrected chi connectivity index (χ1v) is 11.4. The van der Waals surface area contributed by atoms with E-state index in [1.54, 1.807) is 34.5 Å². The van der Waals surface area contributed by atoms with Crippen molar-refractivity contribution < 1.29 is 17.6 Å². The number of hydrogen-bond acceptors (Lipinski definition) is 5. The minimum atomic E-state index is -4.58. The van der Waals surface area contributed by atoms with Crippen molar-refractivity contribution in [3.63, 3.8) is 0 Å². The third-order valence-electron chi connectivity index (χ3n) is 5.21. The molecule has 0 radical (unpaired) electrons. The number of aromatic nitrogens is 6. The van der Waals surface area contributed by atoms with Crippen molar-refractivity contribution in [3.8, 4) is 22.6 Å². The quantitative estimate of drug-likeness (QED) is 0.212. The van der Waals surface area contributed by atoms with Gasteiger partial charge < -0.3 is 4.57 Å². The molecule has 34 heavy (non-hydrogen) atoms. The Morgan fingerprint density at radius 3 is 2.62 bits per heavy atom. The van der Waals surface area contributed by atoms with Crippen LogP contribution in [0, 0.1) is 5.82 Å². The van der Waals surface area contributed by atoms with Crippen LogP contribution in [0.3, 0.4) is 0 Å². The Labute approximate surface area is 199 Å². The molecule has 0 amide bonds. The lowest BCUT2D eigenvalue weighted by atomic mass is 10.1. The third kappa shape index (κ3) is 3.78. The molecule has 5 rings (SSSR count). The van der Waals surface area contributed by atoms with Crippen molar-refractivity contribution in [1.82, 2.24) is 29.1 Å². The van der Waals surface area contributed by atoms with Crippen LogP contribution in [0.1, 0.15) is 12.6 Å². The van der Waals surface area contributed by atoms with Crippen LogP contribution in [0.4, 0.5) is 17.6 Å². The van der Waals surface area contributed by atoms with Gasteiger partial charge in [-0.1, -0.05) is 18.5 Å². The summed E-state index contributed by atoms with van der Waals surface area (Å²) < 4.78 is 56.8. The van der Waals surface area contributed by atoms with Crippen LogP contribution in [-0.4, -0.2) is 34.9 Å². The lowest BCUT2D eigenvalue weighted by Gasteiger charge is -2.06. The topological polar surface area (TPSA) is 60.9 Å². The number of pyridine rings is 1. The van der Waals surface area contributed by atoms with Gasteiger partial charge in [-0.25, -0.2) is 23.9 Å². The first-order valence-electron chi connectivity index (χ1n) is 10.0. The van der Waals surface area contributed by atoms with Crippen LogP contribution in [0.15, 0.2) is 47.8 Å². The predicted molar refractivity (Wildman–Crippen MR) is 122 cm³/mol. The molecule has 0 spiro atoms. The van der Waals surface area contributed by atoms with Crippen LogP contribution >= 0.6 is 23.4 Å². The van der Waals surface area contributed by atoms with E-state index in [1.807, 2.05) is 6.92 Å². The number of halogens is 5. The summed E-state index contributed by atoms with van der Waals surface area (Å²) in [5.41, 5.74) is 1.61. The second-order valence-corrected chi connectivity index (χ2v) is 9.08. The van der Waals surface area contributed by atoms with E-state index < -0.39 is 17.7 Å². The van der Waals surface area contributed by atoms with E-state index in [9.17, 15) is 17.6 Å². The predicted octanol–water partition coefficient (Wildman–Crippen LogP) is 6.27. The number of imidazole rings is 1. The van der Waals surface area contributed by atoms with Crippen molar-refractivity contribution in [3.05, 3.63) is 59.3 Å². The highest BCUT2D eigenvalue weighted by molar-refractivity contribution is 7.99. The van der Waals surface area contributed by atoms with Crippen molar-refractivity contribution >= 4 is 40.0 Å². The molecular weight excluding hydrogens is 492 g/mol. The highest BCUT2D eigenvalue weighted by atomic mass is 35.5. The van der Waals surface area contributed by atoms with Crippen molar-refractivity contribution in [1.29, 1.82) is 0 Å². The summed E-state index contributed by atoms with van der Waals surface area (Å²) in [6.07, 6.45) is -1.87. The summed E-state index contributed by atoms with van der Waals surface area (Å²) in [6, 6.07) is 6.77. The van der Waals surface area contributed by atoms with E-state index in [4.69, 9.17) is 11.6 Å². The molecule has 174 valence electrons. The second-order valence-electron chi connectivity index (χ2n) is 7.39. The number of fused-ring (bicyclic) bond motifs is 2. The molecule has 6 nitrogen and oxygen atoms in total. The zero-order valence-corrected chi connectivity index (χ0v) is 19.3. The van der Waals surface area contributed by atoms with Crippen molar-refractivity contribution in [2.75, 3.05) is 5.75 Å². The zero-order valence-electron chi connectivity index (χ0n) is 17.7. The number of thioether (sulfide) groups is 1. The summed E-state index contributed by atoms with van der Waals surface area (Å²) >= 11 is 7.49. The van der Waals surface area contributed by atoms with Gasteiger partial charge >= 0.3 is 6.18 Å². The molecule has 4 heterocycles. The molecule has 0 atom stereocenters. The average molecular weight is 507 g/mol. The molecule has 0 unspecified atom stereocenters. The molecule has 1 aromatic carbocycles. The van der Waals surface area contributed by atoms with Crippen LogP contribution < -0.4 is 0 Å². The zero-order chi connectivity index (χ0) is 24.2. The highest BCUT2D eigenvalue weighted by Gasteiger charge is 2.33. The molecule has 0 fully saturated rings. The van der Waals surface area contributed by atoms with Gasteiger partial charge in [0.2, 0.25) is 0 Å². The summed E-state index contributed by atoms with van der Waals surface area (Å²) in [6.45, 7) is 1.95. The maximum absolute atomic E-state index is 14.0. The van der Waals surface area contributed by atoms with E-state index in [0.29, 0.717) is 44.6 Å². The first kappa shape index (κ1) is 22.6. The number of nitrogens with zero attached hydrogens (tertiary/aromatic N) is 6. The van der Waals surface area contributed by atoms with E-state index in [0.717, 1.165) is 12.3 Å². The molecule has 5 aromatic rings. The highest BCUT2D eigenvalue weighted by Crippen LogP contribution is 2.37. The molecule has 12 heteroatoms. The summed E-state index contributed by atoms with van der Waals surface area (Å²) in [5, 5.41) is 5.51. The van der Waals surface area contributed by atoms with Crippen LogP contribution in [0.25, 0.3) is 39.3 Å². The van der Waals surface area contributed by atoms with Gasteiger partial charge in [-0.05, 0) is 36.1 Å². The molecule has 0 saturated carbocycles. The minimum absolute atomic E-state index is 0.152. The van der Waals surface area contributed by atoms with Gasteiger partial charge in [0.15, 0.2) is 5.65 Å². The smallest absolute Gasteiger partial charge is 0.326 e. The third-order valence-corrected chi connectivity index (χ3v) is 6.27.